The van der Waals surface area contributed by atoms with Crippen LogP contribution in [0.3, 0.4) is 0 Å². The topological polar surface area (TPSA) is 48.7 Å². The van der Waals surface area contributed by atoms with Crippen LogP contribution < -0.4 is 5.32 Å². The minimum atomic E-state index is 0.628. The Kier molecular flexibility index (Phi) is 3.24. The molecule has 0 aliphatic carbocycles. The summed E-state index contributed by atoms with van der Waals surface area (Å²) < 4.78 is 0. The van der Waals surface area contributed by atoms with Gasteiger partial charge < -0.3 is 5.32 Å². The molecule has 1 rings (SSSR count). The van der Waals surface area contributed by atoms with Gasteiger partial charge in [-0.05, 0) is 31.6 Å². The van der Waals surface area contributed by atoms with Crippen LogP contribution in [0.25, 0.3) is 0 Å². The van der Waals surface area contributed by atoms with E-state index in [0.717, 1.165) is 18.5 Å². The summed E-state index contributed by atoms with van der Waals surface area (Å²) in [5.41, 5.74) is 1.73. The van der Waals surface area contributed by atoms with Gasteiger partial charge in [-0.25, -0.2) is 0 Å². The number of nitrogens with zero attached hydrogens (tertiary/aromatic N) is 2. The summed E-state index contributed by atoms with van der Waals surface area (Å²) in [4.78, 5) is 3.96. The lowest BCUT2D eigenvalue weighted by molar-refractivity contribution is 0.789. The van der Waals surface area contributed by atoms with Crippen LogP contribution in [-0.4, -0.2) is 18.6 Å². The fourth-order valence-corrected chi connectivity index (χ4v) is 0.955. The van der Waals surface area contributed by atoms with Crippen LogP contribution in [0.2, 0.25) is 0 Å². The average molecular weight is 161 g/mol. The summed E-state index contributed by atoms with van der Waals surface area (Å²) in [6.45, 7) is 0.913. The molecular formula is C9H11N3. The maximum absolute atomic E-state index is 8.58. The lowest BCUT2D eigenvalue weighted by atomic mass is 10.1. The Bertz CT molecular complexity index is 288. The minimum absolute atomic E-state index is 0.628. The molecule has 0 aliphatic rings. The summed E-state index contributed by atoms with van der Waals surface area (Å²) in [6, 6.07) is 3.93. The largest absolute Gasteiger partial charge is 0.319 e. The highest BCUT2D eigenvalue weighted by Crippen LogP contribution is 2.01. The van der Waals surface area contributed by atoms with Gasteiger partial charge in [0.2, 0.25) is 0 Å². The van der Waals surface area contributed by atoms with Gasteiger partial charge in [0, 0.05) is 12.4 Å². The van der Waals surface area contributed by atoms with Crippen LogP contribution in [0, 0.1) is 11.3 Å². The molecule has 0 aromatic carbocycles. The molecule has 1 N–H and O–H groups in total. The fraction of sp³-hybridized carbons (Fsp3) is 0.333. The molecule has 0 unspecified atom stereocenters. The first-order chi connectivity index (χ1) is 5.86. The first-order valence-corrected chi connectivity index (χ1v) is 3.85. The van der Waals surface area contributed by atoms with Gasteiger partial charge in [-0.2, -0.15) is 5.26 Å². The van der Waals surface area contributed by atoms with Crippen molar-refractivity contribution in [3.63, 3.8) is 0 Å². The normalized spacial score (nSPS) is 9.33. The van der Waals surface area contributed by atoms with E-state index in [-0.39, 0.29) is 0 Å². The molecule has 0 spiro atoms. The number of aromatic nitrogens is 1. The van der Waals surface area contributed by atoms with E-state index in [1.165, 1.54) is 0 Å². The molecule has 1 aromatic heterocycles. The molecule has 0 saturated carbocycles. The minimum Gasteiger partial charge on any atom is -0.319 e. The van der Waals surface area contributed by atoms with Crippen molar-refractivity contribution < 1.29 is 0 Å². The van der Waals surface area contributed by atoms with Gasteiger partial charge in [0.05, 0.1) is 5.56 Å². The van der Waals surface area contributed by atoms with Gasteiger partial charge in [-0.1, -0.05) is 0 Å². The number of nitriles is 1. The summed E-state index contributed by atoms with van der Waals surface area (Å²) in [7, 11) is 1.90. The Labute approximate surface area is 72.1 Å². The van der Waals surface area contributed by atoms with Gasteiger partial charge in [0.1, 0.15) is 6.07 Å². The second-order valence-electron chi connectivity index (χ2n) is 2.55. The molecule has 3 nitrogen and oxygen atoms in total. The molecule has 0 atom stereocenters. The van der Waals surface area contributed by atoms with E-state index in [2.05, 4.69) is 16.4 Å². The molecule has 1 aromatic rings. The van der Waals surface area contributed by atoms with E-state index >= 15 is 0 Å². The summed E-state index contributed by atoms with van der Waals surface area (Å²) in [5.74, 6) is 0. The predicted octanol–water partition coefficient (Wildman–Crippen LogP) is 0.715. The SMILES string of the molecule is CNCCc1cncc(C#N)c1. The molecule has 0 saturated heterocycles. The second kappa shape index (κ2) is 4.47. The number of nitrogens with one attached hydrogen (secondary N) is 1. The van der Waals surface area contributed by atoms with Crippen molar-refractivity contribution in [1.29, 1.82) is 5.26 Å². The number of hydrogen-bond donors (Lipinski definition) is 1. The molecule has 0 aliphatic heterocycles. The van der Waals surface area contributed by atoms with Crippen molar-refractivity contribution in [1.82, 2.24) is 10.3 Å². The Hall–Kier alpha value is -1.40. The van der Waals surface area contributed by atoms with Gasteiger partial charge in [-0.3, -0.25) is 4.98 Å². The molecule has 0 radical (unpaired) electrons. The Morgan fingerprint density at radius 3 is 3.08 bits per heavy atom. The average Bonchev–Trinajstić information content (AvgIpc) is 2.15. The number of rotatable bonds is 3. The van der Waals surface area contributed by atoms with E-state index in [1.54, 1.807) is 12.4 Å². The summed E-state index contributed by atoms with van der Waals surface area (Å²) in [6.07, 6.45) is 4.28. The van der Waals surface area contributed by atoms with E-state index in [9.17, 15) is 0 Å². The van der Waals surface area contributed by atoms with Crippen LogP contribution in [0.5, 0.6) is 0 Å². The molecule has 0 fully saturated rings. The van der Waals surface area contributed by atoms with Crippen LogP contribution in [0.1, 0.15) is 11.1 Å². The molecule has 12 heavy (non-hydrogen) atoms. The highest BCUT2D eigenvalue weighted by atomic mass is 14.8. The number of hydrogen-bond acceptors (Lipinski definition) is 3. The van der Waals surface area contributed by atoms with E-state index < -0.39 is 0 Å². The maximum Gasteiger partial charge on any atom is 0.101 e. The van der Waals surface area contributed by atoms with Crippen molar-refractivity contribution in [2.75, 3.05) is 13.6 Å². The van der Waals surface area contributed by atoms with E-state index in [1.807, 2.05) is 13.1 Å². The number of pyridine rings is 1. The summed E-state index contributed by atoms with van der Waals surface area (Å²) in [5, 5.41) is 11.6. The third-order valence-electron chi connectivity index (χ3n) is 1.59. The lowest BCUT2D eigenvalue weighted by Crippen LogP contribution is -2.10. The van der Waals surface area contributed by atoms with Crippen LogP contribution in [0.15, 0.2) is 18.5 Å². The third kappa shape index (κ3) is 2.33. The highest BCUT2D eigenvalue weighted by Gasteiger charge is 1.94. The van der Waals surface area contributed by atoms with Crippen molar-refractivity contribution >= 4 is 0 Å². The zero-order chi connectivity index (χ0) is 8.81. The Morgan fingerprint density at radius 2 is 2.42 bits per heavy atom. The monoisotopic (exact) mass is 161 g/mol. The van der Waals surface area contributed by atoms with Crippen molar-refractivity contribution in [2.24, 2.45) is 0 Å². The van der Waals surface area contributed by atoms with Gasteiger partial charge >= 0.3 is 0 Å². The Morgan fingerprint density at radius 1 is 1.58 bits per heavy atom. The Balaban J connectivity index is 2.68. The fourth-order valence-electron chi connectivity index (χ4n) is 0.955. The number of likely N-dealkylation sites (N-methyl/N-ethyl adjacent to an activating group) is 1. The molecule has 1 heterocycles. The van der Waals surface area contributed by atoms with Crippen molar-refractivity contribution in [2.45, 2.75) is 6.42 Å². The third-order valence-corrected chi connectivity index (χ3v) is 1.59. The standard InChI is InChI=1S/C9H11N3/c1-11-3-2-8-4-9(5-10)7-12-6-8/h4,6-7,11H,2-3H2,1H3. The van der Waals surface area contributed by atoms with Crippen LogP contribution >= 0.6 is 0 Å². The summed E-state index contributed by atoms with van der Waals surface area (Å²) >= 11 is 0. The van der Waals surface area contributed by atoms with Gasteiger partial charge in [-0.15, -0.1) is 0 Å². The quantitative estimate of drug-likeness (QED) is 0.710. The van der Waals surface area contributed by atoms with Crippen LogP contribution in [0.4, 0.5) is 0 Å². The van der Waals surface area contributed by atoms with E-state index in [0.29, 0.717) is 5.56 Å². The predicted molar refractivity (Wildman–Crippen MR) is 46.6 cm³/mol. The molecule has 3 heteroatoms. The van der Waals surface area contributed by atoms with Gasteiger partial charge in [0.25, 0.3) is 0 Å². The molecular weight excluding hydrogens is 150 g/mol. The van der Waals surface area contributed by atoms with Crippen molar-refractivity contribution in [3.8, 4) is 6.07 Å². The molecule has 0 amide bonds. The molecule has 0 bridgehead atoms. The molecule has 62 valence electrons. The maximum atomic E-state index is 8.58. The van der Waals surface area contributed by atoms with Crippen LogP contribution in [-0.2, 0) is 6.42 Å². The van der Waals surface area contributed by atoms with Crippen molar-refractivity contribution in [3.05, 3.63) is 29.6 Å². The lowest BCUT2D eigenvalue weighted by Gasteiger charge is -1.99. The van der Waals surface area contributed by atoms with Gasteiger partial charge in [0.15, 0.2) is 0 Å². The zero-order valence-corrected chi connectivity index (χ0v) is 7.04. The first kappa shape index (κ1) is 8.69. The zero-order valence-electron chi connectivity index (χ0n) is 7.04. The second-order valence-corrected chi connectivity index (χ2v) is 2.55. The van der Waals surface area contributed by atoms with E-state index in [4.69, 9.17) is 5.26 Å². The highest BCUT2D eigenvalue weighted by molar-refractivity contribution is 5.28. The smallest absolute Gasteiger partial charge is 0.101 e. The first-order valence-electron chi connectivity index (χ1n) is 3.85.